The third-order valence-corrected chi connectivity index (χ3v) is 7.69. The molecule has 0 saturated carbocycles. The number of amides is 2. The number of nitrogens with zero attached hydrogens (tertiary/aromatic N) is 1. The fraction of sp³-hybridized carbons (Fsp3) is 0.348. The zero-order valence-corrected chi connectivity index (χ0v) is 18.7. The van der Waals surface area contributed by atoms with Gasteiger partial charge in [-0.05, 0) is 43.2 Å². The van der Waals surface area contributed by atoms with Gasteiger partial charge in [-0.25, -0.2) is 8.42 Å². The molecule has 174 valence electrons. The molecule has 10 heteroatoms. The van der Waals surface area contributed by atoms with Crippen molar-refractivity contribution in [1.29, 1.82) is 0 Å². The Labute approximate surface area is 192 Å². The second-order valence-electron chi connectivity index (χ2n) is 8.04. The maximum atomic E-state index is 12.8. The lowest BCUT2D eigenvalue weighted by Crippen LogP contribution is -2.45. The first-order valence-corrected chi connectivity index (χ1v) is 12.3. The fourth-order valence-electron chi connectivity index (χ4n) is 3.94. The van der Waals surface area contributed by atoms with Crippen LogP contribution in [-0.2, 0) is 24.3 Å². The van der Waals surface area contributed by atoms with Gasteiger partial charge in [0.15, 0.2) is 11.5 Å². The number of ketones is 1. The van der Waals surface area contributed by atoms with Crippen LogP contribution in [0.1, 0.15) is 36.0 Å². The van der Waals surface area contributed by atoms with E-state index in [9.17, 15) is 22.8 Å². The number of allylic oxidation sites excluding steroid dienone is 3. The number of rotatable bonds is 4. The molecule has 4 rings (SSSR count). The summed E-state index contributed by atoms with van der Waals surface area (Å²) < 4.78 is 32.7. The quantitative estimate of drug-likeness (QED) is 0.644. The Morgan fingerprint density at radius 2 is 1.55 bits per heavy atom. The van der Waals surface area contributed by atoms with Gasteiger partial charge in [-0.2, -0.15) is 4.31 Å². The number of hydrogen-bond donors (Lipinski definition) is 2. The van der Waals surface area contributed by atoms with Gasteiger partial charge >= 0.3 is 5.91 Å². The second-order valence-corrected chi connectivity index (χ2v) is 9.98. The lowest BCUT2D eigenvalue weighted by atomic mass is 9.91. The van der Waals surface area contributed by atoms with E-state index in [2.05, 4.69) is 10.9 Å². The molecule has 0 aromatic heterocycles. The van der Waals surface area contributed by atoms with Crippen molar-refractivity contribution in [1.82, 2.24) is 15.2 Å². The van der Waals surface area contributed by atoms with Crippen LogP contribution in [0.2, 0.25) is 0 Å². The number of carbonyl (C=O) groups is 3. The molecule has 1 saturated heterocycles. The molecule has 0 radical (unpaired) electrons. The Hall–Kier alpha value is -3.24. The van der Waals surface area contributed by atoms with E-state index in [1.165, 1.54) is 28.6 Å². The maximum absolute atomic E-state index is 12.8. The lowest BCUT2D eigenvalue weighted by molar-refractivity contribution is -0.128. The highest BCUT2D eigenvalue weighted by molar-refractivity contribution is 7.89. The zero-order chi connectivity index (χ0) is 23.4. The van der Waals surface area contributed by atoms with Crippen LogP contribution in [0.25, 0.3) is 0 Å². The van der Waals surface area contributed by atoms with Gasteiger partial charge in [-0.1, -0.05) is 31.1 Å². The van der Waals surface area contributed by atoms with Crippen LogP contribution in [0.4, 0.5) is 0 Å². The van der Waals surface area contributed by atoms with Gasteiger partial charge in [0, 0.05) is 24.7 Å². The van der Waals surface area contributed by atoms with Crippen molar-refractivity contribution in [2.75, 3.05) is 13.1 Å². The molecule has 1 fully saturated rings. The molecule has 2 heterocycles. The zero-order valence-electron chi connectivity index (χ0n) is 17.9. The molecule has 2 atom stereocenters. The maximum Gasteiger partial charge on any atom is 0.304 e. The number of hydrazine groups is 1. The van der Waals surface area contributed by atoms with E-state index in [1.807, 2.05) is 0 Å². The topological polar surface area (TPSA) is 122 Å². The minimum absolute atomic E-state index is 0.119. The fourth-order valence-corrected chi connectivity index (χ4v) is 5.45. The predicted molar refractivity (Wildman–Crippen MR) is 119 cm³/mol. The number of nitrogens with one attached hydrogen (secondary N) is 2. The highest BCUT2D eigenvalue weighted by Gasteiger charge is 2.33. The van der Waals surface area contributed by atoms with Gasteiger partial charge in [0.05, 0.1) is 10.8 Å². The first-order chi connectivity index (χ1) is 15.9. The Kier molecular flexibility index (Phi) is 6.75. The Bertz CT molecular complexity index is 1130. The number of benzene rings is 1. The number of sulfonamides is 1. The normalized spacial score (nSPS) is 23.0. The molecule has 9 nitrogen and oxygen atoms in total. The van der Waals surface area contributed by atoms with Crippen LogP contribution in [0.15, 0.2) is 65.3 Å². The summed E-state index contributed by atoms with van der Waals surface area (Å²) in [6, 6.07) is 5.53. The average molecular weight is 472 g/mol. The van der Waals surface area contributed by atoms with Crippen molar-refractivity contribution in [3.8, 4) is 0 Å². The standard InChI is InChI=1S/C23H25N3O6S/c27-19-15-21(32-20-8-4-3-7-18(19)20)23(29)25-24-22(28)16-9-11-17(12-10-16)33(30,31)26-13-5-1-2-6-14-26/h3-4,7-12,15,18,20H,1-2,5-6,13-14H2,(H,24,28)(H,25,29). The van der Waals surface area contributed by atoms with Crippen molar-refractivity contribution in [2.24, 2.45) is 5.92 Å². The summed E-state index contributed by atoms with van der Waals surface area (Å²) in [7, 11) is -3.62. The minimum atomic E-state index is -3.62. The van der Waals surface area contributed by atoms with Gasteiger partial charge < -0.3 is 4.74 Å². The largest absolute Gasteiger partial charge is 0.479 e. The van der Waals surface area contributed by atoms with E-state index in [-0.39, 0.29) is 22.0 Å². The first kappa shape index (κ1) is 22.9. The predicted octanol–water partition coefficient (Wildman–Crippen LogP) is 1.61. The van der Waals surface area contributed by atoms with Crippen LogP contribution in [-0.4, -0.2) is 49.5 Å². The number of ether oxygens (including phenoxy) is 1. The van der Waals surface area contributed by atoms with Crippen LogP contribution in [0.5, 0.6) is 0 Å². The smallest absolute Gasteiger partial charge is 0.304 e. The van der Waals surface area contributed by atoms with E-state index in [0.29, 0.717) is 13.1 Å². The molecule has 1 aromatic rings. The monoisotopic (exact) mass is 471 g/mol. The summed E-state index contributed by atoms with van der Waals surface area (Å²) in [5.74, 6) is -2.32. The molecule has 2 aliphatic heterocycles. The van der Waals surface area contributed by atoms with Crippen LogP contribution in [0.3, 0.4) is 0 Å². The van der Waals surface area contributed by atoms with E-state index < -0.39 is 33.9 Å². The molecule has 1 aliphatic carbocycles. The lowest BCUT2D eigenvalue weighted by Gasteiger charge is -2.28. The number of carbonyl (C=O) groups excluding carboxylic acids is 3. The molecule has 1 aromatic carbocycles. The molecule has 3 aliphatic rings. The third-order valence-electron chi connectivity index (χ3n) is 5.78. The van der Waals surface area contributed by atoms with Gasteiger partial charge in [0.25, 0.3) is 5.91 Å². The Balaban J connectivity index is 1.36. The molecular weight excluding hydrogens is 446 g/mol. The third kappa shape index (κ3) is 5.07. The Morgan fingerprint density at radius 1 is 0.909 bits per heavy atom. The number of fused-ring (bicyclic) bond motifs is 1. The van der Waals surface area contributed by atoms with Crippen molar-refractivity contribution in [2.45, 2.75) is 36.7 Å². The van der Waals surface area contributed by atoms with Gasteiger partial charge in [-0.3, -0.25) is 25.2 Å². The van der Waals surface area contributed by atoms with E-state index >= 15 is 0 Å². The summed E-state index contributed by atoms with van der Waals surface area (Å²) >= 11 is 0. The van der Waals surface area contributed by atoms with Gasteiger partial charge in [-0.15, -0.1) is 0 Å². The highest BCUT2D eigenvalue weighted by atomic mass is 32.2. The number of hydrogen-bond acceptors (Lipinski definition) is 6. The molecule has 2 amide bonds. The van der Waals surface area contributed by atoms with E-state index in [4.69, 9.17) is 4.74 Å². The summed E-state index contributed by atoms with van der Waals surface area (Å²) in [5.41, 5.74) is 4.63. The average Bonchev–Trinajstić information content (AvgIpc) is 3.13. The molecule has 33 heavy (non-hydrogen) atoms. The van der Waals surface area contributed by atoms with E-state index in [0.717, 1.165) is 31.8 Å². The van der Waals surface area contributed by atoms with Gasteiger partial charge in [0.2, 0.25) is 10.0 Å². The van der Waals surface area contributed by atoms with Crippen LogP contribution >= 0.6 is 0 Å². The van der Waals surface area contributed by atoms with Gasteiger partial charge in [0.1, 0.15) is 6.10 Å². The van der Waals surface area contributed by atoms with Crippen molar-refractivity contribution >= 4 is 27.6 Å². The summed E-state index contributed by atoms with van der Waals surface area (Å²) in [5, 5.41) is 0. The molecule has 2 unspecified atom stereocenters. The van der Waals surface area contributed by atoms with Crippen LogP contribution in [0, 0.1) is 5.92 Å². The van der Waals surface area contributed by atoms with Crippen molar-refractivity contribution < 1.29 is 27.5 Å². The minimum Gasteiger partial charge on any atom is -0.479 e. The summed E-state index contributed by atoms with van der Waals surface area (Å²) in [6.07, 6.45) is 11.1. The molecule has 2 N–H and O–H groups in total. The van der Waals surface area contributed by atoms with Crippen molar-refractivity contribution in [3.63, 3.8) is 0 Å². The van der Waals surface area contributed by atoms with Crippen molar-refractivity contribution in [3.05, 3.63) is 66.0 Å². The molecule has 0 spiro atoms. The Morgan fingerprint density at radius 3 is 2.24 bits per heavy atom. The van der Waals surface area contributed by atoms with Crippen LogP contribution < -0.4 is 10.9 Å². The first-order valence-electron chi connectivity index (χ1n) is 10.8. The highest BCUT2D eigenvalue weighted by Crippen LogP contribution is 2.25. The second kappa shape index (κ2) is 9.72. The summed E-state index contributed by atoms with van der Waals surface area (Å²) in [4.78, 5) is 37.1. The molecule has 0 bridgehead atoms. The van der Waals surface area contributed by atoms with E-state index in [1.54, 1.807) is 24.3 Å². The SMILES string of the molecule is O=C(NNC(=O)c1ccc(S(=O)(=O)N2CCCCCC2)cc1)C1=CC(=O)C2C=CC=CC2O1. The summed E-state index contributed by atoms with van der Waals surface area (Å²) in [6.45, 7) is 0.982. The molecular formula is C23H25N3O6S.